The number of likely N-dealkylation sites (tertiary alicyclic amines) is 1. The van der Waals surface area contributed by atoms with E-state index in [-0.39, 0.29) is 12.0 Å². The fourth-order valence-corrected chi connectivity index (χ4v) is 9.19. The molecule has 2 aromatic carbocycles. The van der Waals surface area contributed by atoms with Crippen molar-refractivity contribution in [1.29, 1.82) is 0 Å². The maximum atomic E-state index is 14.3. The van der Waals surface area contributed by atoms with Crippen LogP contribution in [0.5, 0.6) is 11.5 Å². The van der Waals surface area contributed by atoms with E-state index in [1.165, 1.54) is 20.2 Å². The van der Waals surface area contributed by atoms with Crippen molar-refractivity contribution in [2.24, 2.45) is 17.8 Å². The number of phenols is 1. The van der Waals surface area contributed by atoms with Crippen LogP contribution in [0.2, 0.25) is 0 Å². The molecule has 15 nitrogen and oxygen atoms in total. The summed E-state index contributed by atoms with van der Waals surface area (Å²) in [6, 6.07) is 4.12. The maximum Gasteiger partial charge on any atom is 0.573 e. The Kier molecular flexibility index (Phi) is 8.58. The largest absolute Gasteiger partial charge is 0.573 e. The summed E-state index contributed by atoms with van der Waals surface area (Å²) in [7, 11) is 2.66. The highest BCUT2D eigenvalue weighted by molar-refractivity contribution is 9.09. The van der Waals surface area contributed by atoms with Crippen molar-refractivity contribution < 1.29 is 52.0 Å². The number of phenolic OH excluding ortho intramolecular Hbond substituents is 1. The van der Waals surface area contributed by atoms with Gasteiger partial charge in [0.05, 0.1) is 32.8 Å². The first-order valence-corrected chi connectivity index (χ1v) is 16.7. The summed E-state index contributed by atoms with van der Waals surface area (Å²) in [5.74, 6) is -10.9. The Bertz CT molecular complexity index is 1960. The molecule has 1 saturated carbocycles. The van der Waals surface area contributed by atoms with Crippen molar-refractivity contribution in [2.75, 3.05) is 29.3 Å². The smallest absolute Gasteiger partial charge is 0.508 e. The molecule has 2 heterocycles. The quantitative estimate of drug-likeness (QED) is 0.0977. The van der Waals surface area contributed by atoms with E-state index in [0.29, 0.717) is 9.80 Å². The van der Waals surface area contributed by atoms with Gasteiger partial charge in [0.1, 0.15) is 11.5 Å². The van der Waals surface area contributed by atoms with Crippen molar-refractivity contribution in [2.45, 2.75) is 34.9 Å². The lowest BCUT2D eigenvalue weighted by Crippen LogP contribution is -2.60. The highest BCUT2D eigenvalue weighted by atomic mass is 79.9. The van der Waals surface area contributed by atoms with Crippen LogP contribution in [0.3, 0.4) is 0 Å². The Morgan fingerprint density at radius 2 is 1.63 bits per heavy atom. The molecule has 4 amide bonds. The number of ether oxygens (including phenoxy) is 1. The van der Waals surface area contributed by atoms with E-state index >= 15 is 0 Å². The zero-order valence-corrected chi connectivity index (χ0v) is 29.1. The summed E-state index contributed by atoms with van der Waals surface area (Å²) in [6.45, 7) is 0. The van der Waals surface area contributed by atoms with E-state index in [2.05, 4.69) is 20.7 Å². The zero-order chi connectivity index (χ0) is 37.7. The molecule has 0 unspecified atom stereocenters. The molecule has 2 aromatic rings. The normalized spacial score (nSPS) is 28.7. The molecule has 4 aliphatic rings. The minimum atomic E-state index is -5.17. The molecule has 6 atom stereocenters. The highest BCUT2D eigenvalue weighted by Gasteiger charge is 2.76. The number of imide groups is 2. The number of carbonyl (C=O) groups excluding carboxylic acids is 4. The Hall–Kier alpha value is -4.49. The first kappa shape index (κ1) is 36.3. The van der Waals surface area contributed by atoms with E-state index in [0.717, 1.165) is 35.2 Å². The predicted octanol–water partition coefficient (Wildman–Crippen LogP) is 5.09. The molecule has 21 heteroatoms. The number of alkyl halides is 6. The van der Waals surface area contributed by atoms with Crippen LogP contribution in [0.25, 0.3) is 0 Å². The summed E-state index contributed by atoms with van der Waals surface area (Å²) in [5.41, 5.74) is -3.12. The molecule has 6 rings (SSSR count). The summed E-state index contributed by atoms with van der Waals surface area (Å²) in [6.07, 6.45) is -4.52. The van der Waals surface area contributed by atoms with Crippen LogP contribution in [-0.2, 0) is 19.2 Å². The van der Waals surface area contributed by atoms with E-state index < -0.39 is 125 Å². The predicted molar refractivity (Wildman–Crippen MR) is 175 cm³/mol. The second-order valence-electron chi connectivity index (χ2n) is 12.5. The molecule has 0 bridgehead atoms. The van der Waals surface area contributed by atoms with Gasteiger partial charge in [-0.25, -0.2) is 4.90 Å². The van der Waals surface area contributed by atoms with Crippen LogP contribution >= 0.6 is 39.1 Å². The number of carbonyl (C=O) groups is 4. The molecule has 2 saturated heterocycles. The molecular weight excluding hydrogens is 798 g/mol. The molecule has 3 fully saturated rings. The standard InChI is InChI=1S/C30H23BrCl2F3N5O10/c1-37(2)23-18(40(47)48)7-12(8-19(23)41(49)50)39-24(43)15-5-4-14-17(21(15)25(39)44)10-28(32)26(45)38(11-31)27(46)29(28,33)22(14)16-9-13(3-6-20(16)42)51-30(34,35)36/h3-4,6-9,15,17,21-22,42H,5,10-11H2,1-2H3/t15-,17+,21-,22+,28+,29-/m0/s1. The molecular formula is C30H23BrCl2F3N5O10. The number of rotatable bonds is 7. The Labute approximate surface area is 302 Å². The second-order valence-corrected chi connectivity index (χ2v) is 14.3. The van der Waals surface area contributed by atoms with Crippen LogP contribution in [0.4, 0.5) is 35.9 Å². The lowest BCUT2D eigenvalue weighted by Gasteiger charge is -2.50. The van der Waals surface area contributed by atoms with Gasteiger partial charge in [0.25, 0.3) is 11.8 Å². The first-order valence-electron chi connectivity index (χ1n) is 14.8. The number of halogens is 6. The van der Waals surface area contributed by atoms with Crippen molar-refractivity contribution in [3.05, 3.63) is 67.8 Å². The molecule has 1 N–H and O–H groups in total. The number of amides is 4. The first-order chi connectivity index (χ1) is 23.7. The average molecular weight is 821 g/mol. The summed E-state index contributed by atoms with van der Waals surface area (Å²) in [4.78, 5) is 75.8. The molecule has 0 spiro atoms. The third-order valence-corrected chi connectivity index (χ3v) is 11.6. The van der Waals surface area contributed by atoms with Gasteiger partial charge in [-0.05, 0) is 37.0 Å². The number of benzene rings is 2. The highest BCUT2D eigenvalue weighted by Crippen LogP contribution is 2.66. The zero-order valence-electron chi connectivity index (χ0n) is 26.0. The van der Waals surface area contributed by atoms with E-state index in [1.54, 1.807) is 0 Å². The van der Waals surface area contributed by atoms with E-state index in [4.69, 9.17) is 23.2 Å². The van der Waals surface area contributed by atoms with Crippen molar-refractivity contribution in [1.82, 2.24) is 4.90 Å². The summed E-state index contributed by atoms with van der Waals surface area (Å²) in [5, 5.41) is 35.1. The molecule has 2 aliphatic heterocycles. The number of nitro groups is 2. The Morgan fingerprint density at radius 3 is 2.16 bits per heavy atom. The Balaban J connectivity index is 1.53. The van der Waals surface area contributed by atoms with Crippen molar-refractivity contribution in [3.8, 4) is 11.5 Å². The third kappa shape index (κ3) is 5.22. The fraction of sp³-hybridized carbons (Fsp3) is 0.400. The van der Waals surface area contributed by atoms with Gasteiger partial charge in [-0.3, -0.25) is 44.3 Å². The van der Waals surface area contributed by atoms with Gasteiger partial charge >= 0.3 is 17.7 Å². The SMILES string of the molecule is CN(C)c1c([N+](=O)[O-])cc(N2C(=O)[C@H]3[C@H](CC=C4[C@H]3C[C@@]3(Cl)C(=O)N(CBr)C(=O)[C@@]3(Cl)[C@H]4c3cc(OC(F)(F)F)ccc3O)C2=O)cc1[N+](=O)[O-]. The number of allylic oxidation sites excluding steroid dienone is 2. The Morgan fingerprint density at radius 1 is 1.02 bits per heavy atom. The number of hydrogen-bond acceptors (Lipinski definition) is 11. The van der Waals surface area contributed by atoms with Crippen LogP contribution < -0.4 is 14.5 Å². The summed E-state index contributed by atoms with van der Waals surface area (Å²) >= 11 is 17.2. The topological polar surface area (TPSA) is 194 Å². The van der Waals surface area contributed by atoms with Crippen LogP contribution in [0.15, 0.2) is 42.0 Å². The molecule has 2 aliphatic carbocycles. The molecule has 270 valence electrons. The summed E-state index contributed by atoms with van der Waals surface area (Å²) < 4.78 is 43.8. The second kappa shape index (κ2) is 12.0. The van der Waals surface area contributed by atoms with Crippen molar-refractivity contribution >= 4 is 85.5 Å². The van der Waals surface area contributed by atoms with Crippen LogP contribution in [-0.4, -0.2) is 79.1 Å². The number of aromatic hydroxyl groups is 1. The van der Waals surface area contributed by atoms with E-state index in [1.807, 2.05) is 0 Å². The van der Waals surface area contributed by atoms with Gasteiger partial charge in [-0.1, -0.05) is 27.6 Å². The fourth-order valence-electron chi connectivity index (χ4n) is 7.77. The lowest BCUT2D eigenvalue weighted by atomic mass is 9.56. The monoisotopic (exact) mass is 819 g/mol. The minimum absolute atomic E-state index is 0.0995. The van der Waals surface area contributed by atoms with Gasteiger partial charge in [0.15, 0.2) is 15.4 Å². The maximum absolute atomic E-state index is 14.3. The van der Waals surface area contributed by atoms with Gasteiger partial charge < -0.3 is 14.7 Å². The average Bonchev–Trinajstić information content (AvgIpc) is 3.38. The number of anilines is 2. The van der Waals surface area contributed by atoms with Crippen LogP contribution in [0, 0.1) is 38.0 Å². The number of fused-ring (bicyclic) bond motifs is 4. The van der Waals surface area contributed by atoms with Crippen molar-refractivity contribution in [3.63, 3.8) is 0 Å². The van der Waals surface area contributed by atoms with Gasteiger partial charge in [-0.15, -0.1) is 36.4 Å². The van der Waals surface area contributed by atoms with Gasteiger partial charge in [-0.2, -0.15) is 0 Å². The number of hydrogen-bond donors (Lipinski definition) is 1. The third-order valence-electron chi connectivity index (χ3n) is 9.71. The number of nitro benzene ring substituents is 2. The van der Waals surface area contributed by atoms with Crippen LogP contribution in [0.1, 0.15) is 24.3 Å². The minimum Gasteiger partial charge on any atom is -0.508 e. The van der Waals surface area contributed by atoms with E-state index in [9.17, 15) is 57.7 Å². The van der Waals surface area contributed by atoms with Gasteiger partial charge in [0.2, 0.25) is 11.8 Å². The van der Waals surface area contributed by atoms with Gasteiger partial charge in [0, 0.05) is 37.7 Å². The molecule has 0 aromatic heterocycles. The molecule has 51 heavy (non-hydrogen) atoms. The lowest BCUT2D eigenvalue weighted by molar-refractivity contribution is -0.392. The number of nitrogens with zero attached hydrogens (tertiary/aromatic N) is 5. The molecule has 0 radical (unpaired) electrons.